The van der Waals surface area contributed by atoms with Crippen molar-refractivity contribution >= 4 is 5.91 Å². The first-order valence-corrected chi connectivity index (χ1v) is 8.78. The van der Waals surface area contributed by atoms with Gasteiger partial charge in [0.15, 0.2) is 6.10 Å². The molecule has 1 unspecified atom stereocenters. The molecular formula is C21H23N3O3. The van der Waals surface area contributed by atoms with Crippen LogP contribution in [0, 0.1) is 0 Å². The lowest BCUT2D eigenvalue weighted by molar-refractivity contribution is -0.127. The fraction of sp³-hybridized carbons (Fsp3) is 0.238. The van der Waals surface area contributed by atoms with E-state index in [2.05, 4.69) is 10.4 Å². The van der Waals surface area contributed by atoms with E-state index in [0.29, 0.717) is 18.8 Å². The van der Waals surface area contributed by atoms with E-state index in [1.54, 1.807) is 44.5 Å². The van der Waals surface area contributed by atoms with Crippen molar-refractivity contribution in [1.29, 1.82) is 0 Å². The van der Waals surface area contributed by atoms with Gasteiger partial charge in [0, 0.05) is 18.9 Å². The molecule has 1 aromatic heterocycles. The second-order valence-corrected chi connectivity index (χ2v) is 6.13. The zero-order chi connectivity index (χ0) is 19.1. The van der Waals surface area contributed by atoms with Crippen LogP contribution in [0.1, 0.15) is 18.1 Å². The molecule has 1 amide bonds. The molecular weight excluding hydrogens is 342 g/mol. The molecule has 0 bridgehead atoms. The van der Waals surface area contributed by atoms with Crippen LogP contribution in [0.5, 0.6) is 11.5 Å². The zero-order valence-electron chi connectivity index (χ0n) is 15.5. The summed E-state index contributed by atoms with van der Waals surface area (Å²) in [6.45, 7) is 2.83. The Morgan fingerprint density at radius 1 is 1.07 bits per heavy atom. The number of carbonyl (C=O) groups is 1. The van der Waals surface area contributed by atoms with E-state index < -0.39 is 6.10 Å². The van der Waals surface area contributed by atoms with Gasteiger partial charge in [-0.15, -0.1) is 0 Å². The molecule has 0 spiro atoms. The number of methoxy groups -OCH3 is 1. The molecule has 0 aliphatic rings. The van der Waals surface area contributed by atoms with Gasteiger partial charge in [-0.2, -0.15) is 5.10 Å². The summed E-state index contributed by atoms with van der Waals surface area (Å²) in [4.78, 5) is 12.4. The number of nitrogens with zero attached hydrogens (tertiary/aromatic N) is 2. The topological polar surface area (TPSA) is 65.4 Å². The minimum atomic E-state index is -0.600. The first kappa shape index (κ1) is 18.5. The maximum Gasteiger partial charge on any atom is 0.261 e. The summed E-state index contributed by atoms with van der Waals surface area (Å²) in [5, 5.41) is 7.18. The fourth-order valence-electron chi connectivity index (χ4n) is 2.69. The van der Waals surface area contributed by atoms with Crippen molar-refractivity contribution in [1.82, 2.24) is 15.1 Å². The number of ether oxygens (including phenoxy) is 2. The molecule has 140 valence electrons. The Hall–Kier alpha value is -3.28. The van der Waals surface area contributed by atoms with Crippen LogP contribution in [-0.4, -0.2) is 28.9 Å². The minimum absolute atomic E-state index is 0.167. The third-order valence-electron chi connectivity index (χ3n) is 4.20. The molecule has 0 fully saturated rings. The molecule has 6 nitrogen and oxygen atoms in total. The summed E-state index contributed by atoms with van der Waals surface area (Å²) in [5.41, 5.74) is 2.17. The third kappa shape index (κ3) is 5.10. The van der Waals surface area contributed by atoms with Gasteiger partial charge in [-0.1, -0.05) is 24.3 Å². The molecule has 27 heavy (non-hydrogen) atoms. The van der Waals surface area contributed by atoms with Crippen LogP contribution in [0.2, 0.25) is 0 Å². The smallest absolute Gasteiger partial charge is 0.261 e. The molecule has 3 rings (SSSR count). The summed E-state index contributed by atoms with van der Waals surface area (Å²) < 4.78 is 12.7. The Morgan fingerprint density at radius 2 is 1.78 bits per heavy atom. The third-order valence-corrected chi connectivity index (χ3v) is 4.20. The predicted octanol–water partition coefficient (Wildman–Crippen LogP) is 3.02. The van der Waals surface area contributed by atoms with E-state index in [1.807, 2.05) is 41.2 Å². The molecule has 0 saturated carbocycles. The highest BCUT2D eigenvalue weighted by atomic mass is 16.5. The lowest BCUT2D eigenvalue weighted by atomic mass is 10.1. The monoisotopic (exact) mass is 365 g/mol. The SMILES string of the molecule is COc1ccc(OC(C)C(=O)NCc2ccccc2Cn2cccn2)cc1. The van der Waals surface area contributed by atoms with Crippen LogP contribution in [0.25, 0.3) is 0 Å². The number of rotatable bonds is 8. The molecule has 2 aromatic carbocycles. The van der Waals surface area contributed by atoms with Gasteiger partial charge in [0.2, 0.25) is 0 Å². The van der Waals surface area contributed by atoms with E-state index in [4.69, 9.17) is 9.47 Å². The fourth-order valence-corrected chi connectivity index (χ4v) is 2.69. The number of hydrogen-bond acceptors (Lipinski definition) is 4. The second kappa shape index (κ2) is 8.89. The quantitative estimate of drug-likeness (QED) is 0.666. The second-order valence-electron chi connectivity index (χ2n) is 6.13. The number of amides is 1. The molecule has 0 aliphatic carbocycles. The highest BCUT2D eigenvalue weighted by molar-refractivity contribution is 5.80. The first-order valence-electron chi connectivity index (χ1n) is 8.78. The number of aromatic nitrogens is 2. The number of nitrogens with one attached hydrogen (secondary N) is 1. The first-order chi connectivity index (χ1) is 13.2. The van der Waals surface area contributed by atoms with Crippen LogP contribution >= 0.6 is 0 Å². The van der Waals surface area contributed by atoms with Crippen molar-refractivity contribution in [2.45, 2.75) is 26.1 Å². The van der Waals surface area contributed by atoms with Crippen LogP contribution in [-0.2, 0) is 17.9 Å². The summed E-state index contributed by atoms with van der Waals surface area (Å²) in [6, 6.07) is 17.0. The predicted molar refractivity (Wildman–Crippen MR) is 103 cm³/mol. The van der Waals surface area contributed by atoms with Gasteiger partial charge < -0.3 is 14.8 Å². The van der Waals surface area contributed by atoms with Gasteiger partial charge >= 0.3 is 0 Å². The van der Waals surface area contributed by atoms with Gasteiger partial charge in [-0.25, -0.2) is 0 Å². The molecule has 0 saturated heterocycles. The Bertz CT molecular complexity index is 861. The van der Waals surface area contributed by atoms with E-state index in [0.717, 1.165) is 16.9 Å². The van der Waals surface area contributed by atoms with Gasteiger partial charge in [-0.3, -0.25) is 9.48 Å². The van der Waals surface area contributed by atoms with Crippen LogP contribution < -0.4 is 14.8 Å². The van der Waals surface area contributed by atoms with E-state index >= 15 is 0 Å². The van der Waals surface area contributed by atoms with Crippen molar-refractivity contribution in [3.8, 4) is 11.5 Å². The average molecular weight is 365 g/mol. The number of hydrogen-bond donors (Lipinski definition) is 1. The van der Waals surface area contributed by atoms with Crippen molar-refractivity contribution in [3.63, 3.8) is 0 Å². The molecule has 0 radical (unpaired) electrons. The van der Waals surface area contributed by atoms with Crippen molar-refractivity contribution in [3.05, 3.63) is 78.1 Å². The van der Waals surface area contributed by atoms with Gasteiger partial charge in [0.05, 0.1) is 13.7 Å². The van der Waals surface area contributed by atoms with Gasteiger partial charge in [-0.05, 0) is 48.4 Å². The lowest BCUT2D eigenvalue weighted by Gasteiger charge is -2.16. The van der Waals surface area contributed by atoms with Gasteiger partial charge in [0.25, 0.3) is 5.91 Å². The van der Waals surface area contributed by atoms with Crippen LogP contribution in [0.3, 0.4) is 0 Å². The molecule has 3 aromatic rings. The highest BCUT2D eigenvalue weighted by Gasteiger charge is 2.15. The van der Waals surface area contributed by atoms with Crippen molar-refractivity contribution < 1.29 is 14.3 Å². The summed E-state index contributed by atoms with van der Waals surface area (Å²) >= 11 is 0. The minimum Gasteiger partial charge on any atom is -0.497 e. The Morgan fingerprint density at radius 3 is 2.44 bits per heavy atom. The van der Waals surface area contributed by atoms with Crippen molar-refractivity contribution in [2.24, 2.45) is 0 Å². The Labute approximate surface area is 158 Å². The van der Waals surface area contributed by atoms with Crippen LogP contribution in [0.15, 0.2) is 67.0 Å². The molecule has 1 atom stereocenters. The van der Waals surface area contributed by atoms with E-state index in [-0.39, 0.29) is 5.91 Å². The maximum absolute atomic E-state index is 12.4. The lowest BCUT2D eigenvalue weighted by Crippen LogP contribution is -2.36. The van der Waals surface area contributed by atoms with E-state index in [9.17, 15) is 4.79 Å². The molecule has 1 heterocycles. The van der Waals surface area contributed by atoms with Crippen molar-refractivity contribution in [2.75, 3.05) is 7.11 Å². The molecule has 1 N–H and O–H groups in total. The van der Waals surface area contributed by atoms with Gasteiger partial charge in [0.1, 0.15) is 11.5 Å². The number of benzene rings is 2. The normalized spacial score (nSPS) is 11.6. The molecule has 0 aliphatic heterocycles. The maximum atomic E-state index is 12.4. The standard InChI is InChI=1S/C21H23N3O3/c1-16(27-20-10-8-19(26-2)9-11-20)21(25)22-14-17-6-3-4-7-18(17)15-24-13-5-12-23-24/h3-13,16H,14-15H2,1-2H3,(H,22,25). The van der Waals surface area contributed by atoms with E-state index in [1.165, 1.54) is 0 Å². The highest BCUT2D eigenvalue weighted by Crippen LogP contribution is 2.18. The Balaban J connectivity index is 1.56. The Kier molecular flexibility index (Phi) is 6.10. The summed E-state index contributed by atoms with van der Waals surface area (Å²) in [6.07, 6.45) is 3.07. The number of carbonyl (C=O) groups excluding carboxylic acids is 1. The largest absolute Gasteiger partial charge is 0.497 e. The summed E-state index contributed by atoms with van der Waals surface area (Å²) in [7, 11) is 1.61. The summed E-state index contributed by atoms with van der Waals surface area (Å²) in [5.74, 6) is 1.20. The zero-order valence-corrected chi connectivity index (χ0v) is 15.5. The average Bonchev–Trinajstić information content (AvgIpc) is 3.20. The molecule has 6 heteroatoms. The van der Waals surface area contributed by atoms with Crippen LogP contribution in [0.4, 0.5) is 0 Å².